The van der Waals surface area contributed by atoms with E-state index in [2.05, 4.69) is 0 Å². The lowest BCUT2D eigenvalue weighted by Gasteiger charge is -2.15. The first-order valence-electron chi connectivity index (χ1n) is 8.18. The zero-order chi connectivity index (χ0) is 18.1. The number of rotatable bonds is 4. The van der Waals surface area contributed by atoms with Gasteiger partial charge in [0.15, 0.2) is 17.6 Å². The van der Waals surface area contributed by atoms with Crippen LogP contribution in [0.25, 0.3) is 22.3 Å². The van der Waals surface area contributed by atoms with Gasteiger partial charge in [-0.1, -0.05) is 35.9 Å². The monoisotopic (exact) mass is 336 g/mol. The fourth-order valence-corrected chi connectivity index (χ4v) is 2.55. The third-order valence-corrected chi connectivity index (χ3v) is 4.19. The van der Waals surface area contributed by atoms with Crippen LogP contribution in [0.2, 0.25) is 0 Å². The van der Waals surface area contributed by atoms with Gasteiger partial charge in [0.25, 0.3) is 0 Å². The van der Waals surface area contributed by atoms with Crippen molar-refractivity contribution < 1.29 is 13.9 Å². The van der Waals surface area contributed by atoms with Gasteiger partial charge < -0.3 is 9.15 Å². The van der Waals surface area contributed by atoms with E-state index in [4.69, 9.17) is 9.15 Å². The fraction of sp³-hybridized carbons (Fsp3) is 0.238. The van der Waals surface area contributed by atoms with Crippen LogP contribution in [-0.4, -0.2) is 11.9 Å². The Morgan fingerprint density at radius 2 is 1.68 bits per heavy atom. The number of hydrogen-bond acceptors (Lipinski definition) is 4. The molecule has 0 spiro atoms. The highest BCUT2D eigenvalue weighted by Crippen LogP contribution is 2.32. The normalized spacial score (nSPS) is 12.2. The average molecular weight is 336 g/mol. The van der Waals surface area contributed by atoms with E-state index < -0.39 is 6.10 Å². The Labute approximate surface area is 146 Å². The van der Waals surface area contributed by atoms with E-state index >= 15 is 0 Å². The number of benzene rings is 2. The largest absolute Gasteiger partial charge is 0.475 e. The minimum Gasteiger partial charge on any atom is -0.475 e. The third-order valence-electron chi connectivity index (χ3n) is 4.19. The summed E-state index contributed by atoms with van der Waals surface area (Å²) in [6, 6.07) is 13.0. The summed E-state index contributed by atoms with van der Waals surface area (Å²) in [6.07, 6.45) is -0.727. The van der Waals surface area contributed by atoms with Crippen LogP contribution >= 0.6 is 0 Å². The van der Waals surface area contributed by atoms with Gasteiger partial charge in [0, 0.05) is 5.56 Å². The first kappa shape index (κ1) is 17.0. The summed E-state index contributed by atoms with van der Waals surface area (Å²) >= 11 is 0. The molecule has 0 N–H and O–H groups in total. The molecule has 2 aromatic carbocycles. The Kier molecular flexibility index (Phi) is 4.45. The molecule has 3 aromatic rings. The average Bonchev–Trinajstić information content (AvgIpc) is 2.57. The summed E-state index contributed by atoms with van der Waals surface area (Å²) in [7, 11) is 0. The van der Waals surface area contributed by atoms with E-state index in [0.717, 1.165) is 16.7 Å². The molecule has 25 heavy (non-hydrogen) atoms. The van der Waals surface area contributed by atoms with Crippen molar-refractivity contribution in [2.75, 3.05) is 0 Å². The minimum atomic E-state index is -0.727. The number of hydrogen-bond donors (Lipinski definition) is 0. The summed E-state index contributed by atoms with van der Waals surface area (Å²) in [6.45, 7) is 6.98. The number of carbonyl (C=O) groups is 1. The zero-order valence-electron chi connectivity index (χ0n) is 14.8. The van der Waals surface area contributed by atoms with Crippen molar-refractivity contribution in [1.29, 1.82) is 0 Å². The van der Waals surface area contributed by atoms with E-state index in [-0.39, 0.29) is 17.0 Å². The Balaban J connectivity index is 2.29. The first-order chi connectivity index (χ1) is 11.9. The summed E-state index contributed by atoms with van der Waals surface area (Å²) in [4.78, 5) is 24.6. The van der Waals surface area contributed by atoms with E-state index in [9.17, 15) is 9.59 Å². The van der Waals surface area contributed by atoms with Gasteiger partial charge in [0.2, 0.25) is 11.2 Å². The van der Waals surface area contributed by atoms with Gasteiger partial charge in [0.05, 0.1) is 5.39 Å². The molecule has 0 saturated heterocycles. The SMILES string of the molecule is CC(=O)[C@H](C)Oc1c(-c2ccc(C)cc2)oc2cc(C)ccc2c1=O. The molecule has 4 heteroatoms. The number of carbonyl (C=O) groups excluding carboxylic acids is 1. The van der Waals surface area contributed by atoms with Crippen molar-refractivity contribution >= 4 is 16.8 Å². The molecule has 0 bridgehead atoms. The molecule has 0 unspecified atom stereocenters. The van der Waals surface area contributed by atoms with Crippen molar-refractivity contribution in [2.24, 2.45) is 0 Å². The molecule has 0 radical (unpaired) electrons. The molecule has 3 rings (SSSR count). The van der Waals surface area contributed by atoms with Gasteiger partial charge in [-0.25, -0.2) is 0 Å². The quantitative estimate of drug-likeness (QED) is 0.707. The van der Waals surface area contributed by atoms with E-state index in [0.29, 0.717) is 16.7 Å². The van der Waals surface area contributed by atoms with Crippen molar-refractivity contribution in [2.45, 2.75) is 33.8 Å². The van der Waals surface area contributed by atoms with Crippen LogP contribution < -0.4 is 10.2 Å². The van der Waals surface area contributed by atoms with Crippen LogP contribution in [0, 0.1) is 13.8 Å². The van der Waals surface area contributed by atoms with E-state index in [1.165, 1.54) is 6.92 Å². The molecule has 4 nitrogen and oxygen atoms in total. The molecule has 1 heterocycles. The second kappa shape index (κ2) is 6.55. The summed E-state index contributed by atoms with van der Waals surface area (Å²) in [5.41, 5.74) is 3.06. The van der Waals surface area contributed by atoms with Gasteiger partial charge in [0.1, 0.15) is 5.58 Å². The Morgan fingerprint density at radius 1 is 1.04 bits per heavy atom. The number of fused-ring (bicyclic) bond motifs is 1. The Morgan fingerprint density at radius 3 is 2.32 bits per heavy atom. The lowest BCUT2D eigenvalue weighted by molar-refractivity contribution is -0.122. The zero-order valence-corrected chi connectivity index (χ0v) is 14.8. The Hall–Kier alpha value is -2.88. The summed E-state index contributed by atoms with van der Waals surface area (Å²) in [5.74, 6) is 0.261. The van der Waals surface area contributed by atoms with E-state index in [1.807, 2.05) is 50.2 Å². The van der Waals surface area contributed by atoms with Crippen LogP contribution in [0.4, 0.5) is 0 Å². The molecular weight excluding hydrogens is 316 g/mol. The summed E-state index contributed by atoms with van der Waals surface area (Å²) in [5, 5.41) is 0.437. The highest BCUT2D eigenvalue weighted by molar-refractivity contribution is 5.84. The maximum Gasteiger partial charge on any atom is 0.235 e. The van der Waals surface area contributed by atoms with Crippen molar-refractivity contribution in [3.05, 3.63) is 63.8 Å². The van der Waals surface area contributed by atoms with Crippen LogP contribution in [-0.2, 0) is 4.79 Å². The topological polar surface area (TPSA) is 56.5 Å². The predicted octanol–water partition coefficient (Wildman–Crippen LogP) is 4.43. The number of ether oxygens (including phenoxy) is 1. The number of ketones is 1. The number of Topliss-reactive ketones (excluding diaryl/α,β-unsaturated/α-hetero) is 1. The van der Waals surface area contributed by atoms with Gasteiger partial charge >= 0.3 is 0 Å². The molecule has 0 amide bonds. The summed E-state index contributed by atoms with van der Waals surface area (Å²) < 4.78 is 11.7. The molecule has 0 aliphatic heterocycles. The first-order valence-corrected chi connectivity index (χ1v) is 8.18. The van der Waals surface area contributed by atoms with Crippen molar-refractivity contribution in [3.63, 3.8) is 0 Å². The highest BCUT2D eigenvalue weighted by atomic mass is 16.5. The van der Waals surface area contributed by atoms with Gasteiger partial charge in [-0.05, 0) is 45.4 Å². The van der Waals surface area contributed by atoms with Crippen LogP contribution in [0.3, 0.4) is 0 Å². The highest BCUT2D eigenvalue weighted by Gasteiger charge is 2.21. The molecule has 1 aromatic heterocycles. The minimum absolute atomic E-state index is 0.0721. The van der Waals surface area contributed by atoms with Crippen molar-refractivity contribution in [1.82, 2.24) is 0 Å². The van der Waals surface area contributed by atoms with Crippen LogP contribution in [0.15, 0.2) is 51.7 Å². The van der Waals surface area contributed by atoms with Gasteiger partial charge in [-0.15, -0.1) is 0 Å². The fourth-order valence-electron chi connectivity index (χ4n) is 2.55. The molecular formula is C21H20O4. The van der Waals surface area contributed by atoms with Crippen molar-refractivity contribution in [3.8, 4) is 17.1 Å². The molecule has 0 fully saturated rings. The maximum absolute atomic E-state index is 13.0. The smallest absolute Gasteiger partial charge is 0.235 e. The second-order valence-electron chi connectivity index (χ2n) is 6.33. The third kappa shape index (κ3) is 3.33. The van der Waals surface area contributed by atoms with Crippen LogP contribution in [0.1, 0.15) is 25.0 Å². The van der Waals surface area contributed by atoms with E-state index in [1.54, 1.807) is 13.0 Å². The van der Waals surface area contributed by atoms with Gasteiger partial charge in [-0.2, -0.15) is 0 Å². The predicted molar refractivity (Wildman–Crippen MR) is 98.2 cm³/mol. The molecule has 0 saturated carbocycles. The Bertz CT molecular complexity index is 997. The molecule has 128 valence electrons. The molecule has 1 atom stereocenters. The van der Waals surface area contributed by atoms with Gasteiger partial charge in [-0.3, -0.25) is 9.59 Å². The second-order valence-corrected chi connectivity index (χ2v) is 6.33. The molecule has 0 aliphatic carbocycles. The standard InChI is InChI=1S/C21H20O4/c1-12-5-8-16(9-6-12)20-21(24-15(4)14(3)22)19(23)17-10-7-13(2)11-18(17)25-20/h5-11,15H,1-4H3/t15-/m0/s1. The lowest BCUT2D eigenvalue weighted by Crippen LogP contribution is -2.24. The van der Waals surface area contributed by atoms with Crippen LogP contribution in [0.5, 0.6) is 5.75 Å². The lowest BCUT2D eigenvalue weighted by atomic mass is 10.1. The molecule has 0 aliphatic rings. The number of aryl methyl sites for hydroxylation is 2. The maximum atomic E-state index is 13.0.